The Hall–Kier alpha value is -5.15. The molecule has 1 saturated carbocycles. The van der Waals surface area contributed by atoms with E-state index in [1.807, 2.05) is 0 Å². The van der Waals surface area contributed by atoms with E-state index in [1.165, 1.54) is 25.4 Å². The molecule has 3 aliphatic rings. The number of para-hydroxylation sites is 1. The third-order valence-electron chi connectivity index (χ3n) is 9.02. The van der Waals surface area contributed by atoms with Gasteiger partial charge in [-0.05, 0) is 64.0 Å². The fraction of sp³-hybridized carbons (Fsp3) is 0.559. The summed E-state index contributed by atoms with van der Waals surface area (Å²) in [5, 5.41) is 19.4. The van der Waals surface area contributed by atoms with Crippen molar-refractivity contribution in [2.24, 2.45) is 5.92 Å². The molecular weight excluding hydrogens is 650 g/mol. The van der Waals surface area contributed by atoms with Crippen molar-refractivity contribution in [1.29, 1.82) is 0 Å². The molecule has 3 heterocycles. The fourth-order valence-electron chi connectivity index (χ4n) is 6.07. The Kier molecular flexibility index (Phi) is 11.9. The maximum Gasteiger partial charge on any atom is 0.409 e. The molecule has 2 aliphatic heterocycles. The van der Waals surface area contributed by atoms with Crippen LogP contribution in [0.5, 0.6) is 5.88 Å². The number of aromatic nitrogens is 2. The van der Waals surface area contributed by atoms with E-state index < -0.39 is 42.1 Å². The first-order valence-electron chi connectivity index (χ1n) is 17.2. The summed E-state index contributed by atoms with van der Waals surface area (Å²) < 4.78 is 12.5. The smallest absolute Gasteiger partial charge is 0.409 e. The molecule has 3 fully saturated rings. The van der Waals surface area contributed by atoms with Gasteiger partial charge in [0.2, 0.25) is 17.7 Å². The number of piperazine rings is 1. The molecule has 0 radical (unpaired) electrons. The molecule has 2 aromatic rings. The Morgan fingerprint density at radius 3 is 2.32 bits per heavy atom. The number of rotatable bonds is 14. The number of likely N-dealkylation sites (tertiary alicyclic amines) is 1. The van der Waals surface area contributed by atoms with Crippen LogP contribution in [0.25, 0.3) is 5.69 Å². The van der Waals surface area contributed by atoms with Crippen LogP contribution in [-0.4, -0.2) is 129 Å². The maximum atomic E-state index is 13.6. The summed E-state index contributed by atoms with van der Waals surface area (Å²) in [4.78, 5) is 81.6. The van der Waals surface area contributed by atoms with E-state index in [4.69, 9.17) is 9.47 Å². The summed E-state index contributed by atoms with van der Waals surface area (Å²) in [6, 6.07) is 8.42. The van der Waals surface area contributed by atoms with Gasteiger partial charge < -0.3 is 39.9 Å². The molecule has 1 aromatic heterocycles. The summed E-state index contributed by atoms with van der Waals surface area (Å²) in [5.41, 5.74) is 0.417. The van der Waals surface area contributed by atoms with Crippen molar-refractivity contribution >= 4 is 35.7 Å². The Labute approximate surface area is 290 Å². The predicted octanol–water partition coefficient (Wildman–Crippen LogP) is 1.42. The van der Waals surface area contributed by atoms with Crippen LogP contribution in [0.4, 0.5) is 4.79 Å². The average molecular weight is 696 g/mol. The van der Waals surface area contributed by atoms with Gasteiger partial charge in [-0.25, -0.2) is 9.48 Å². The number of carbonyl (C=O) groups excluding carboxylic acids is 5. The lowest BCUT2D eigenvalue weighted by atomic mass is 10.1. The molecule has 50 heavy (non-hydrogen) atoms. The van der Waals surface area contributed by atoms with Gasteiger partial charge in [0.1, 0.15) is 12.1 Å². The number of carboxylic acids is 1. The molecule has 16 nitrogen and oxygen atoms in total. The van der Waals surface area contributed by atoms with Crippen molar-refractivity contribution in [3.63, 3.8) is 0 Å². The van der Waals surface area contributed by atoms with Crippen LogP contribution in [0, 0.1) is 5.92 Å². The van der Waals surface area contributed by atoms with Gasteiger partial charge in [0.05, 0.1) is 12.3 Å². The van der Waals surface area contributed by atoms with Crippen molar-refractivity contribution in [2.45, 2.75) is 70.6 Å². The predicted molar refractivity (Wildman–Crippen MR) is 177 cm³/mol. The van der Waals surface area contributed by atoms with Crippen LogP contribution in [-0.2, 0) is 23.9 Å². The van der Waals surface area contributed by atoms with Crippen LogP contribution < -0.4 is 15.4 Å². The molecule has 16 heteroatoms. The number of hydrogen-bond donors (Lipinski definition) is 3. The third kappa shape index (κ3) is 9.09. The topological polar surface area (TPSA) is 193 Å². The zero-order valence-corrected chi connectivity index (χ0v) is 28.4. The summed E-state index contributed by atoms with van der Waals surface area (Å²) in [7, 11) is 0. The van der Waals surface area contributed by atoms with Gasteiger partial charge in [0.15, 0.2) is 11.8 Å². The van der Waals surface area contributed by atoms with Crippen LogP contribution >= 0.6 is 0 Å². The van der Waals surface area contributed by atoms with Crippen LogP contribution in [0.2, 0.25) is 0 Å². The highest BCUT2D eigenvalue weighted by atomic mass is 16.6. The van der Waals surface area contributed by atoms with Gasteiger partial charge >= 0.3 is 12.1 Å². The van der Waals surface area contributed by atoms with E-state index in [9.17, 15) is 33.9 Å². The van der Waals surface area contributed by atoms with Crippen molar-refractivity contribution in [2.75, 3.05) is 45.9 Å². The van der Waals surface area contributed by atoms with Gasteiger partial charge in [-0.3, -0.25) is 24.0 Å². The number of aliphatic carboxylic acids is 1. The summed E-state index contributed by atoms with van der Waals surface area (Å²) >= 11 is 0. The van der Waals surface area contributed by atoms with Crippen molar-refractivity contribution in [3.05, 3.63) is 42.1 Å². The second-order valence-corrected chi connectivity index (χ2v) is 12.7. The summed E-state index contributed by atoms with van der Waals surface area (Å²) in [5.74, 6) is -2.31. The van der Waals surface area contributed by atoms with E-state index in [-0.39, 0.29) is 69.0 Å². The second kappa shape index (κ2) is 16.5. The molecule has 2 saturated heterocycles. The van der Waals surface area contributed by atoms with E-state index in [2.05, 4.69) is 15.7 Å². The highest BCUT2D eigenvalue weighted by Gasteiger charge is 2.38. The van der Waals surface area contributed by atoms with Crippen LogP contribution in [0.1, 0.15) is 62.9 Å². The monoisotopic (exact) mass is 695 g/mol. The Balaban J connectivity index is 1.30. The molecule has 2 unspecified atom stereocenters. The highest BCUT2D eigenvalue weighted by molar-refractivity contribution is 5.96. The average Bonchev–Trinajstić information content (AvgIpc) is 3.65. The number of nitrogens with one attached hydrogen (secondary N) is 2. The normalized spacial score (nSPS) is 18.6. The Morgan fingerprint density at radius 2 is 1.66 bits per heavy atom. The number of carboxylic acid groups (broad SMARTS) is 1. The van der Waals surface area contributed by atoms with Crippen molar-refractivity contribution in [3.8, 4) is 11.6 Å². The molecule has 0 spiro atoms. The first-order valence-corrected chi connectivity index (χ1v) is 17.2. The number of nitrogens with zero attached hydrogens (tertiary/aromatic N) is 5. The van der Waals surface area contributed by atoms with Crippen molar-refractivity contribution < 1.29 is 43.3 Å². The first-order chi connectivity index (χ1) is 24.0. The van der Waals surface area contributed by atoms with Crippen molar-refractivity contribution in [1.82, 2.24) is 35.1 Å². The van der Waals surface area contributed by atoms with Gasteiger partial charge in [-0.1, -0.05) is 18.2 Å². The zero-order chi connectivity index (χ0) is 35.8. The molecule has 270 valence electrons. The quantitative estimate of drug-likeness (QED) is 0.260. The molecular formula is C34H45N7O9. The van der Waals surface area contributed by atoms with E-state index in [0.29, 0.717) is 37.5 Å². The zero-order valence-electron chi connectivity index (χ0n) is 28.4. The SMILES string of the molecule is CCOC(=O)N1CCN(C(=O)C(CCC(=O)O)NC(=O)c2cc(O[C@H](C)C(=O)N3CCCC3C(=O)NCC3CC3)n(-c3ccccc3)n2)CC1. The largest absolute Gasteiger partial charge is 0.481 e. The van der Waals surface area contributed by atoms with Gasteiger partial charge in [0.25, 0.3) is 11.8 Å². The number of carbonyl (C=O) groups is 6. The minimum atomic E-state index is -1.18. The minimum Gasteiger partial charge on any atom is -0.481 e. The van der Waals surface area contributed by atoms with Crippen LogP contribution in [0.15, 0.2) is 36.4 Å². The molecule has 0 bridgehead atoms. The number of benzene rings is 1. The number of amides is 5. The molecule has 3 atom stereocenters. The fourth-order valence-corrected chi connectivity index (χ4v) is 6.07. The molecule has 1 aromatic carbocycles. The molecule has 1 aliphatic carbocycles. The Bertz CT molecular complexity index is 1550. The van der Waals surface area contributed by atoms with Crippen LogP contribution in [0.3, 0.4) is 0 Å². The summed E-state index contributed by atoms with van der Waals surface area (Å²) in [6.07, 6.45) is 1.40. The van der Waals surface area contributed by atoms with Gasteiger partial charge in [0, 0.05) is 51.8 Å². The minimum absolute atomic E-state index is 0.0830. The van der Waals surface area contributed by atoms with E-state index in [0.717, 1.165) is 12.8 Å². The molecule has 5 amide bonds. The van der Waals surface area contributed by atoms with Gasteiger partial charge in [-0.2, -0.15) is 5.10 Å². The Morgan fingerprint density at radius 1 is 0.960 bits per heavy atom. The number of hydrogen-bond acceptors (Lipinski definition) is 9. The first kappa shape index (κ1) is 36.1. The van der Waals surface area contributed by atoms with E-state index >= 15 is 0 Å². The number of ether oxygens (including phenoxy) is 2. The van der Waals surface area contributed by atoms with E-state index in [1.54, 1.807) is 44.2 Å². The summed E-state index contributed by atoms with van der Waals surface area (Å²) in [6.45, 7) is 5.36. The maximum absolute atomic E-state index is 13.6. The molecule has 3 N–H and O–H groups in total. The second-order valence-electron chi connectivity index (χ2n) is 12.7. The third-order valence-corrected chi connectivity index (χ3v) is 9.02. The lowest BCUT2D eigenvalue weighted by Gasteiger charge is -2.35. The van der Waals surface area contributed by atoms with Gasteiger partial charge in [-0.15, -0.1) is 0 Å². The standard InChI is InChI=1S/C34H45N7O9/c1-3-49-34(48)39-18-16-38(17-19-39)33(47)25(13-14-29(42)43)36-30(44)26-20-28(41(37-26)24-8-5-4-6-9-24)50-22(2)32(46)40-15-7-10-27(40)31(45)35-21-23-11-12-23/h4-6,8-9,20,22-23,25,27H,3,7,10-19,21H2,1-2H3,(H,35,45)(H,36,44)(H,42,43)/t22-,25?,27?/m1/s1. The lowest BCUT2D eigenvalue weighted by Crippen LogP contribution is -2.56. The highest BCUT2D eigenvalue weighted by Crippen LogP contribution is 2.28. The molecule has 5 rings (SSSR count). The lowest BCUT2D eigenvalue weighted by molar-refractivity contribution is -0.143.